The first-order valence-electron chi connectivity index (χ1n) is 9.33. The minimum atomic E-state index is -0.100. The summed E-state index contributed by atoms with van der Waals surface area (Å²) in [6, 6.07) is 6.29. The lowest BCUT2D eigenvalue weighted by atomic mass is 9.79. The molecule has 152 valence electrons. The Bertz CT molecular complexity index is 872. The number of nitrogens with zero attached hydrogens (tertiary/aromatic N) is 3. The van der Waals surface area contributed by atoms with Gasteiger partial charge in [-0.25, -0.2) is 9.97 Å². The van der Waals surface area contributed by atoms with E-state index in [-0.39, 0.29) is 16.3 Å². The number of aryl methyl sites for hydroxylation is 1. The molecule has 0 fully saturated rings. The highest BCUT2D eigenvalue weighted by Crippen LogP contribution is 2.41. The zero-order chi connectivity index (χ0) is 19.8. The first kappa shape index (κ1) is 22.2. The van der Waals surface area contributed by atoms with Crippen LogP contribution >= 0.6 is 11.8 Å². The van der Waals surface area contributed by atoms with Gasteiger partial charge in [0.1, 0.15) is 17.8 Å². The molecule has 2 heterocycles. The number of fused-ring (bicyclic) bond motifs is 1. The number of pyridine rings is 1. The third-order valence-electron chi connectivity index (χ3n) is 4.69. The van der Waals surface area contributed by atoms with Crippen molar-refractivity contribution in [3.63, 3.8) is 0 Å². The number of imidazole rings is 1. The Balaban J connectivity index is 0.00000280. The van der Waals surface area contributed by atoms with Crippen molar-refractivity contribution < 1.29 is 10.6 Å². The molecule has 1 aromatic carbocycles. The summed E-state index contributed by atoms with van der Waals surface area (Å²) >= 11 is 1.82. The lowest BCUT2D eigenvalue weighted by Gasteiger charge is -2.28. The third kappa shape index (κ3) is 4.86. The van der Waals surface area contributed by atoms with Gasteiger partial charge in [-0.15, -0.1) is 11.8 Å². The van der Waals surface area contributed by atoms with Crippen LogP contribution in [0.4, 0.5) is 0 Å². The molecule has 0 saturated heterocycles. The molecule has 0 atom stereocenters. The van der Waals surface area contributed by atoms with E-state index in [0.717, 1.165) is 34.8 Å². The SMILES string of the molecule is CC(C)(C)c1cc(SCCn2ccc3ncnc-3c2)cc(C(C)(C)C)c1O.O. The van der Waals surface area contributed by atoms with Crippen molar-refractivity contribution in [2.75, 3.05) is 5.75 Å². The van der Waals surface area contributed by atoms with E-state index in [0.29, 0.717) is 5.75 Å². The molecule has 3 rings (SSSR count). The van der Waals surface area contributed by atoms with Gasteiger partial charge in [-0.2, -0.15) is 0 Å². The van der Waals surface area contributed by atoms with Gasteiger partial charge in [0.15, 0.2) is 0 Å². The number of hydrogen-bond donors (Lipinski definition) is 1. The second-order valence-electron chi connectivity index (χ2n) is 9.04. The molecular formula is C22H31N3O2S. The number of aromatic nitrogens is 3. The Morgan fingerprint density at radius 2 is 1.54 bits per heavy atom. The van der Waals surface area contributed by atoms with Crippen LogP contribution in [0.25, 0.3) is 11.4 Å². The fourth-order valence-electron chi connectivity index (χ4n) is 3.12. The van der Waals surface area contributed by atoms with Gasteiger partial charge in [0.05, 0.1) is 5.69 Å². The van der Waals surface area contributed by atoms with Crippen molar-refractivity contribution in [1.29, 1.82) is 0 Å². The second-order valence-corrected chi connectivity index (χ2v) is 10.2. The number of benzene rings is 1. The number of thioether (sulfide) groups is 1. The molecule has 2 aliphatic rings. The van der Waals surface area contributed by atoms with Crippen LogP contribution in [0.2, 0.25) is 0 Å². The van der Waals surface area contributed by atoms with Gasteiger partial charge in [-0.3, -0.25) is 0 Å². The largest absolute Gasteiger partial charge is 0.507 e. The van der Waals surface area contributed by atoms with Crippen molar-refractivity contribution in [1.82, 2.24) is 14.5 Å². The zero-order valence-electron chi connectivity index (χ0n) is 17.6. The normalized spacial score (nSPS) is 12.2. The Morgan fingerprint density at radius 3 is 2.11 bits per heavy atom. The van der Waals surface area contributed by atoms with Crippen molar-refractivity contribution >= 4 is 11.8 Å². The zero-order valence-corrected chi connectivity index (χ0v) is 18.4. The van der Waals surface area contributed by atoms with E-state index < -0.39 is 0 Å². The van der Waals surface area contributed by atoms with Crippen molar-refractivity contribution in [2.45, 2.75) is 63.8 Å². The Kier molecular flexibility index (Phi) is 6.46. The highest BCUT2D eigenvalue weighted by Gasteiger charge is 2.26. The molecule has 0 radical (unpaired) electrons. The van der Waals surface area contributed by atoms with E-state index in [1.807, 2.05) is 24.0 Å². The van der Waals surface area contributed by atoms with Crippen LogP contribution in [0.1, 0.15) is 52.7 Å². The summed E-state index contributed by atoms with van der Waals surface area (Å²) in [5.41, 5.74) is 3.68. The topological polar surface area (TPSA) is 82.4 Å². The first-order valence-corrected chi connectivity index (χ1v) is 10.3. The minimum Gasteiger partial charge on any atom is -0.507 e. The van der Waals surface area contributed by atoms with Gasteiger partial charge in [-0.05, 0) is 29.0 Å². The van der Waals surface area contributed by atoms with E-state index in [9.17, 15) is 5.11 Å². The summed E-state index contributed by atoms with van der Waals surface area (Å²) in [6.07, 6.45) is 5.69. The summed E-state index contributed by atoms with van der Waals surface area (Å²) < 4.78 is 2.15. The molecule has 5 nitrogen and oxygen atoms in total. The van der Waals surface area contributed by atoms with E-state index in [1.54, 1.807) is 6.33 Å². The Labute approximate surface area is 171 Å². The number of rotatable bonds is 4. The molecule has 0 aliphatic carbocycles. The molecule has 6 heteroatoms. The van der Waals surface area contributed by atoms with Gasteiger partial charge in [0.25, 0.3) is 0 Å². The molecule has 0 spiro atoms. The Hall–Kier alpha value is -2.05. The average Bonchev–Trinajstić information content (AvgIpc) is 3.01. The maximum atomic E-state index is 10.8. The summed E-state index contributed by atoms with van der Waals surface area (Å²) in [6.45, 7) is 13.8. The molecule has 3 N–H and O–H groups in total. The summed E-state index contributed by atoms with van der Waals surface area (Å²) in [4.78, 5) is 9.68. The maximum absolute atomic E-state index is 10.8. The smallest absolute Gasteiger partial charge is 0.123 e. The predicted molar refractivity (Wildman–Crippen MR) is 116 cm³/mol. The fourth-order valence-corrected chi connectivity index (χ4v) is 4.06. The lowest BCUT2D eigenvalue weighted by Crippen LogP contribution is -2.17. The van der Waals surface area contributed by atoms with Crippen molar-refractivity contribution in [3.8, 4) is 17.1 Å². The van der Waals surface area contributed by atoms with Gasteiger partial charge in [0.2, 0.25) is 0 Å². The number of aromatic hydroxyl groups is 1. The molecule has 0 bridgehead atoms. The van der Waals surface area contributed by atoms with E-state index in [2.05, 4.69) is 74.4 Å². The summed E-state index contributed by atoms with van der Waals surface area (Å²) in [5, 5.41) is 10.8. The number of hydrogen-bond acceptors (Lipinski definition) is 4. The fraction of sp³-hybridized carbons (Fsp3) is 0.455. The number of phenolic OH excluding ortho intramolecular Hbond substituents is 1. The van der Waals surface area contributed by atoms with Crippen LogP contribution < -0.4 is 0 Å². The van der Waals surface area contributed by atoms with Gasteiger partial charge >= 0.3 is 0 Å². The van der Waals surface area contributed by atoms with Gasteiger partial charge in [-0.1, -0.05) is 41.5 Å². The Morgan fingerprint density at radius 1 is 0.964 bits per heavy atom. The molecule has 28 heavy (non-hydrogen) atoms. The second kappa shape index (κ2) is 8.13. The standard InChI is InChI=1S/C22H29N3OS.H2O/c1-21(2,3)16-11-15(12-17(20(16)26)22(4,5)6)27-10-9-25-8-7-18-19(13-25)24-14-23-18;/h7-8,11-14,26H,9-10H2,1-6H3;1H2. The highest BCUT2D eigenvalue weighted by molar-refractivity contribution is 7.99. The molecule has 0 unspecified atom stereocenters. The van der Waals surface area contributed by atoms with E-state index in [4.69, 9.17) is 0 Å². The van der Waals surface area contributed by atoms with Crippen LogP contribution in [-0.4, -0.2) is 30.9 Å². The maximum Gasteiger partial charge on any atom is 0.123 e. The highest BCUT2D eigenvalue weighted by atomic mass is 32.2. The van der Waals surface area contributed by atoms with Crippen molar-refractivity contribution in [3.05, 3.63) is 48.0 Å². The van der Waals surface area contributed by atoms with E-state index >= 15 is 0 Å². The average molecular weight is 402 g/mol. The van der Waals surface area contributed by atoms with Crippen LogP contribution in [0.3, 0.4) is 0 Å². The monoisotopic (exact) mass is 401 g/mol. The molecular weight excluding hydrogens is 370 g/mol. The van der Waals surface area contributed by atoms with Crippen molar-refractivity contribution in [2.24, 2.45) is 0 Å². The minimum absolute atomic E-state index is 0. The molecule has 0 amide bonds. The van der Waals surface area contributed by atoms with Crippen LogP contribution in [-0.2, 0) is 17.4 Å². The van der Waals surface area contributed by atoms with Crippen LogP contribution in [0.5, 0.6) is 5.75 Å². The van der Waals surface area contributed by atoms with Gasteiger partial charge < -0.3 is 15.1 Å². The molecule has 1 aromatic rings. The molecule has 0 aromatic heterocycles. The number of phenols is 1. The molecule has 2 aliphatic heterocycles. The summed E-state index contributed by atoms with van der Waals surface area (Å²) in [7, 11) is 0. The summed E-state index contributed by atoms with van der Waals surface area (Å²) in [5.74, 6) is 1.39. The first-order chi connectivity index (χ1) is 12.6. The quantitative estimate of drug-likeness (QED) is 0.645. The van der Waals surface area contributed by atoms with Crippen LogP contribution in [0.15, 0.2) is 41.8 Å². The van der Waals surface area contributed by atoms with Crippen LogP contribution in [0, 0.1) is 0 Å². The molecule has 0 saturated carbocycles. The predicted octanol–water partition coefficient (Wildman–Crippen LogP) is 4.65. The van der Waals surface area contributed by atoms with E-state index in [1.165, 1.54) is 4.90 Å². The lowest BCUT2D eigenvalue weighted by molar-refractivity contribution is 0.422. The third-order valence-corrected chi connectivity index (χ3v) is 5.64. The van der Waals surface area contributed by atoms with Gasteiger partial charge in [0, 0.05) is 40.7 Å².